The SMILES string of the molecule is COc1cc(Br)ccc1C(N)=O.O=S(=O)(O)/C=C/c1ccccc1. The molecule has 0 atom stereocenters. The lowest BCUT2D eigenvalue weighted by Gasteiger charge is -2.04. The van der Waals surface area contributed by atoms with Crippen molar-refractivity contribution in [1.29, 1.82) is 0 Å². The lowest BCUT2D eigenvalue weighted by atomic mass is 10.2. The second-order valence-electron chi connectivity index (χ2n) is 4.44. The van der Waals surface area contributed by atoms with Gasteiger partial charge in [0.15, 0.2) is 0 Å². The molecule has 0 spiro atoms. The van der Waals surface area contributed by atoms with Crippen LogP contribution in [0.4, 0.5) is 0 Å². The van der Waals surface area contributed by atoms with Gasteiger partial charge < -0.3 is 10.5 Å². The Morgan fingerprint density at radius 1 is 1.21 bits per heavy atom. The summed E-state index contributed by atoms with van der Waals surface area (Å²) in [7, 11) is -2.51. The van der Waals surface area contributed by atoms with Crippen LogP contribution in [0.2, 0.25) is 0 Å². The van der Waals surface area contributed by atoms with E-state index in [1.54, 1.807) is 42.5 Å². The van der Waals surface area contributed by atoms with Crippen molar-refractivity contribution in [3.8, 4) is 5.75 Å². The molecule has 0 heterocycles. The fraction of sp³-hybridized carbons (Fsp3) is 0.0625. The highest BCUT2D eigenvalue weighted by molar-refractivity contribution is 9.10. The summed E-state index contributed by atoms with van der Waals surface area (Å²) >= 11 is 3.25. The molecule has 0 fully saturated rings. The van der Waals surface area contributed by atoms with Crippen molar-refractivity contribution in [1.82, 2.24) is 0 Å². The van der Waals surface area contributed by atoms with Crippen LogP contribution < -0.4 is 10.5 Å². The first-order chi connectivity index (χ1) is 11.2. The molecule has 0 saturated heterocycles. The summed E-state index contributed by atoms with van der Waals surface area (Å²) in [5.41, 5.74) is 6.23. The number of carbonyl (C=O) groups excluding carboxylic acids is 1. The maximum atomic E-state index is 10.8. The van der Waals surface area contributed by atoms with Gasteiger partial charge in [0.2, 0.25) is 0 Å². The molecule has 2 aromatic rings. The number of rotatable bonds is 4. The maximum absolute atomic E-state index is 10.8. The Morgan fingerprint density at radius 2 is 1.83 bits per heavy atom. The fourth-order valence-electron chi connectivity index (χ4n) is 1.60. The van der Waals surface area contributed by atoms with E-state index < -0.39 is 16.0 Å². The van der Waals surface area contributed by atoms with Gasteiger partial charge in [0.25, 0.3) is 16.0 Å². The standard InChI is InChI=1S/C8H8BrNO2.C8H8O3S/c1-12-7-4-5(9)2-3-6(7)8(10)11;9-12(10,11)7-6-8-4-2-1-3-5-8/h2-4H,1H3,(H2,10,11);1-7H,(H,9,10,11)/b;7-6+. The van der Waals surface area contributed by atoms with Crippen molar-refractivity contribution in [2.75, 3.05) is 7.11 Å². The first-order valence-electron chi connectivity index (χ1n) is 6.57. The molecule has 24 heavy (non-hydrogen) atoms. The second kappa shape index (κ2) is 9.21. The first-order valence-corrected chi connectivity index (χ1v) is 8.86. The number of hydrogen-bond donors (Lipinski definition) is 2. The van der Waals surface area contributed by atoms with E-state index in [4.69, 9.17) is 15.0 Å². The highest BCUT2D eigenvalue weighted by Crippen LogP contribution is 2.22. The molecule has 6 nitrogen and oxygen atoms in total. The van der Waals surface area contributed by atoms with Crippen molar-refractivity contribution in [3.63, 3.8) is 0 Å². The zero-order chi connectivity index (χ0) is 18.2. The van der Waals surface area contributed by atoms with Crippen LogP contribution in [0, 0.1) is 0 Å². The van der Waals surface area contributed by atoms with Gasteiger partial charge in [-0.1, -0.05) is 46.3 Å². The average Bonchev–Trinajstić information content (AvgIpc) is 2.53. The fourth-order valence-corrected chi connectivity index (χ4v) is 2.27. The Labute approximate surface area is 148 Å². The summed E-state index contributed by atoms with van der Waals surface area (Å²) < 4.78 is 34.7. The minimum absolute atomic E-state index is 0.390. The second-order valence-corrected chi connectivity index (χ2v) is 6.66. The molecule has 2 aromatic carbocycles. The van der Waals surface area contributed by atoms with Crippen LogP contribution in [0.15, 0.2) is 58.4 Å². The summed E-state index contributed by atoms with van der Waals surface area (Å²) in [6, 6.07) is 13.9. The lowest BCUT2D eigenvalue weighted by molar-refractivity contribution is 0.0997. The van der Waals surface area contributed by atoms with Crippen LogP contribution in [0.1, 0.15) is 15.9 Å². The smallest absolute Gasteiger partial charge is 0.287 e. The monoisotopic (exact) mass is 413 g/mol. The van der Waals surface area contributed by atoms with Gasteiger partial charge >= 0.3 is 0 Å². The molecule has 2 rings (SSSR count). The quantitative estimate of drug-likeness (QED) is 0.748. The van der Waals surface area contributed by atoms with Crippen LogP contribution in [0.5, 0.6) is 5.75 Å². The predicted molar refractivity (Wildman–Crippen MR) is 96.2 cm³/mol. The molecular weight excluding hydrogens is 398 g/mol. The number of nitrogens with two attached hydrogens (primary N) is 1. The number of benzene rings is 2. The van der Waals surface area contributed by atoms with Crippen molar-refractivity contribution in [3.05, 3.63) is 69.5 Å². The predicted octanol–water partition coefficient (Wildman–Crippen LogP) is 3.10. The molecule has 0 aromatic heterocycles. The molecule has 3 N–H and O–H groups in total. The van der Waals surface area contributed by atoms with Gasteiger partial charge in [-0.15, -0.1) is 0 Å². The Hall–Kier alpha value is -2.16. The third-order valence-corrected chi connectivity index (χ3v) is 3.63. The Morgan fingerprint density at radius 3 is 2.33 bits per heavy atom. The zero-order valence-corrected chi connectivity index (χ0v) is 15.1. The van der Waals surface area contributed by atoms with Crippen LogP contribution >= 0.6 is 15.9 Å². The molecule has 0 bridgehead atoms. The number of ether oxygens (including phenoxy) is 1. The van der Waals surface area contributed by atoms with Crippen LogP contribution in [-0.2, 0) is 10.1 Å². The van der Waals surface area contributed by atoms with E-state index in [-0.39, 0.29) is 0 Å². The molecule has 0 radical (unpaired) electrons. The van der Waals surface area contributed by atoms with Gasteiger partial charge in [0.1, 0.15) is 5.75 Å². The minimum Gasteiger partial charge on any atom is -0.496 e. The van der Waals surface area contributed by atoms with Crippen molar-refractivity contribution < 1.29 is 22.5 Å². The number of amides is 1. The van der Waals surface area contributed by atoms with E-state index in [0.717, 1.165) is 15.4 Å². The Bertz CT molecular complexity index is 820. The Kier molecular flexibility index (Phi) is 7.63. The van der Waals surface area contributed by atoms with E-state index in [0.29, 0.717) is 11.3 Å². The first kappa shape index (κ1) is 19.9. The topological polar surface area (TPSA) is 107 Å². The summed E-state index contributed by atoms with van der Waals surface area (Å²) in [6.45, 7) is 0. The van der Waals surface area contributed by atoms with Gasteiger partial charge in [-0.25, -0.2) is 0 Å². The minimum atomic E-state index is -4.00. The van der Waals surface area contributed by atoms with Crippen LogP contribution in [-0.4, -0.2) is 26.0 Å². The highest BCUT2D eigenvalue weighted by atomic mass is 79.9. The Balaban J connectivity index is 0.000000240. The third kappa shape index (κ3) is 7.40. The van der Waals surface area contributed by atoms with E-state index in [1.807, 2.05) is 6.07 Å². The normalized spacial score (nSPS) is 10.8. The number of primary amides is 1. The van der Waals surface area contributed by atoms with Gasteiger partial charge in [0.05, 0.1) is 18.1 Å². The number of hydrogen-bond acceptors (Lipinski definition) is 4. The van der Waals surface area contributed by atoms with E-state index >= 15 is 0 Å². The summed E-state index contributed by atoms with van der Waals surface area (Å²) in [5, 5.41) is 0.752. The van der Waals surface area contributed by atoms with Crippen molar-refractivity contribution >= 4 is 38.0 Å². The molecule has 0 saturated carbocycles. The molecule has 0 aliphatic carbocycles. The number of carbonyl (C=O) groups is 1. The molecule has 0 unspecified atom stereocenters. The van der Waals surface area contributed by atoms with Gasteiger partial charge in [0, 0.05) is 4.47 Å². The van der Waals surface area contributed by atoms with E-state index in [9.17, 15) is 13.2 Å². The van der Waals surface area contributed by atoms with Crippen LogP contribution in [0.25, 0.3) is 6.08 Å². The van der Waals surface area contributed by atoms with E-state index in [1.165, 1.54) is 13.2 Å². The molecular formula is C16H16BrNO5S. The van der Waals surface area contributed by atoms with Crippen LogP contribution in [0.3, 0.4) is 0 Å². The molecule has 0 aliphatic heterocycles. The summed E-state index contributed by atoms with van der Waals surface area (Å²) in [4.78, 5) is 10.8. The van der Waals surface area contributed by atoms with Gasteiger partial charge in [-0.2, -0.15) is 8.42 Å². The highest BCUT2D eigenvalue weighted by Gasteiger charge is 2.07. The average molecular weight is 414 g/mol. The molecule has 8 heteroatoms. The summed E-state index contributed by atoms with van der Waals surface area (Å²) in [6.07, 6.45) is 1.33. The lowest BCUT2D eigenvalue weighted by Crippen LogP contribution is -2.12. The molecule has 0 aliphatic rings. The number of methoxy groups -OCH3 is 1. The van der Waals surface area contributed by atoms with E-state index in [2.05, 4.69) is 15.9 Å². The largest absolute Gasteiger partial charge is 0.496 e. The van der Waals surface area contributed by atoms with Crippen molar-refractivity contribution in [2.24, 2.45) is 5.73 Å². The molecule has 128 valence electrons. The van der Waals surface area contributed by atoms with Gasteiger partial charge in [-0.3, -0.25) is 9.35 Å². The maximum Gasteiger partial charge on any atom is 0.287 e. The summed E-state index contributed by atoms with van der Waals surface area (Å²) in [5.74, 6) is -0.00350. The van der Waals surface area contributed by atoms with Gasteiger partial charge in [-0.05, 0) is 29.8 Å². The third-order valence-electron chi connectivity index (χ3n) is 2.66. The zero-order valence-electron chi connectivity index (χ0n) is 12.7. The number of halogens is 1. The van der Waals surface area contributed by atoms with Crippen molar-refractivity contribution in [2.45, 2.75) is 0 Å². The molecule has 1 amide bonds.